The zero-order valence-corrected chi connectivity index (χ0v) is 19.7. The largest absolute Gasteiger partial charge is 0.471 e. The highest BCUT2D eigenvalue weighted by atomic mass is 19.4. The van der Waals surface area contributed by atoms with Gasteiger partial charge in [0.25, 0.3) is 5.69 Å². The average Bonchev–Trinajstić information content (AvgIpc) is 2.79. The van der Waals surface area contributed by atoms with Gasteiger partial charge in [-0.2, -0.15) is 13.2 Å². The fourth-order valence-corrected chi connectivity index (χ4v) is 4.07. The minimum atomic E-state index is -5.20. The van der Waals surface area contributed by atoms with E-state index < -0.39 is 34.5 Å². The van der Waals surface area contributed by atoms with Gasteiger partial charge in [0.2, 0.25) is 0 Å². The first kappa shape index (κ1) is 26.8. The number of carbonyl (C=O) groups excluding carboxylic acids is 1. The zero-order valence-electron chi connectivity index (χ0n) is 19.7. The van der Waals surface area contributed by atoms with Crippen molar-refractivity contribution in [2.24, 2.45) is 5.41 Å². The molecular formula is C24H26F3N3O6. The van der Waals surface area contributed by atoms with E-state index in [1.54, 1.807) is 24.3 Å². The summed E-state index contributed by atoms with van der Waals surface area (Å²) in [5.41, 5.74) is -0.457. The van der Waals surface area contributed by atoms with Crippen LogP contribution in [0.2, 0.25) is 0 Å². The van der Waals surface area contributed by atoms with E-state index in [4.69, 9.17) is 4.74 Å². The third-order valence-corrected chi connectivity index (χ3v) is 6.18. The molecule has 2 amide bonds. The van der Waals surface area contributed by atoms with E-state index in [-0.39, 0.29) is 29.5 Å². The van der Waals surface area contributed by atoms with Crippen molar-refractivity contribution in [1.29, 1.82) is 0 Å². The number of anilines is 1. The lowest BCUT2D eigenvalue weighted by Crippen LogP contribution is -2.42. The number of benzene rings is 2. The van der Waals surface area contributed by atoms with E-state index in [0.29, 0.717) is 0 Å². The molecule has 0 aliphatic heterocycles. The third-order valence-electron chi connectivity index (χ3n) is 6.18. The second-order valence-corrected chi connectivity index (χ2v) is 9.44. The smallest absolute Gasteiger partial charge is 0.465 e. The van der Waals surface area contributed by atoms with Crippen LogP contribution in [-0.4, -0.2) is 39.1 Å². The second-order valence-electron chi connectivity index (χ2n) is 9.44. The van der Waals surface area contributed by atoms with Crippen LogP contribution in [0, 0.1) is 15.5 Å². The standard InChI is InChI=1S/C24H26F3N3O6/c1-23(2)11-9-16(10-12-23)29(22(32)33)14-15-3-5-17(6-4-15)36-18-7-8-19(20(13-18)30(34)35)28-21(31)24(25,26)27/h3-8,13,16H,9-12,14H2,1-2H3,(H,28,31)(H,32,33). The predicted octanol–water partition coefficient (Wildman–Crippen LogP) is 6.34. The lowest BCUT2D eigenvalue weighted by atomic mass is 9.75. The maximum atomic E-state index is 12.5. The zero-order chi connectivity index (χ0) is 26.7. The first-order chi connectivity index (χ1) is 16.7. The van der Waals surface area contributed by atoms with Gasteiger partial charge in [-0.3, -0.25) is 14.9 Å². The van der Waals surface area contributed by atoms with Crippen molar-refractivity contribution in [1.82, 2.24) is 4.90 Å². The number of alkyl halides is 3. The summed E-state index contributed by atoms with van der Waals surface area (Å²) in [6.45, 7) is 4.54. The molecule has 0 radical (unpaired) electrons. The molecule has 2 N–H and O–H groups in total. The van der Waals surface area contributed by atoms with E-state index in [2.05, 4.69) is 13.8 Å². The van der Waals surface area contributed by atoms with E-state index >= 15 is 0 Å². The highest BCUT2D eigenvalue weighted by Gasteiger charge is 2.39. The van der Waals surface area contributed by atoms with E-state index in [1.165, 1.54) is 16.3 Å². The Kier molecular flexibility index (Phi) is 7.75. The summed E-state index contributed by atoms with van der Waals surface area (Å²) in [6.07, 6.45) is -2.73. The molecule has 0 aromatic heterocycles. The minimum absolute atomic E-state index is 0.0311. The Morgan fingerprint density at radius 2 is 1.72 bits per heavy atom. The predicted molar refractivity (Wildman–Crippen MR) is 124 cm³/mol. The summed E-state index contributed by atoms with van der Waals surface area (Å²) in [6, 6.07) is 9.43. The van der Waals surface area contributed by atoms with Crippen LogP contribution in [0.5, 0.6) is 11.5 Å². The molecule has 36 heavy (non-hydrogen) atoms. The SMILES string of the molecule is CC1(C)CCC(N(Cc2ccc(Oc3ccc(NC(=O)C(F)(F)F)c([N+](=O)[O-])c3)cc2)C(=O)O)CC1. The van der Waals surface area contributed by atoms with Crippen molar-refractivity contribution >= 4 is 23.4 Å². The fraction of sp³-hybridized carbons (Fsp3) is 0.417. The van der Waals surface area contributed by atoms with Crippen molar-refractivity contribution in [3.63, 3.8) is 0 Å². The number of hydrogen-bond acceptors (Lipinski definition) is 5. The van der Waals surface area contributed by atoms with Crippen molar-refractivity contribution < 1.29 is 37.5 Å². The highest BCUT2D eigenvalue weighted by molar-refractivity contribution is 5.96. The van der Waals surface area contributed by atoms with E-state index in [1.807, 2.05) is 0 Å². The number of ether oxygens (including phenoxy) is 1. The number of nitrogens with zero attached hydrogens (tertiary/aromatic N) is 2. The summed E-state index contributed by atoms with van der Waals surface area (Å²) in [5, 5.41) is 22.5. The molecule has 12 heteroatoms. The molecular weight excluding hydrogens is 483 g/mol. The first-order valence-corrected chi connectivity index (χ1v) is 11.2. The number of nitrogens with one attached hydrogen (secondary N) is 1. The number of hydrogen-bond donors (Lipinski definition) is 2. The van der Waals surface area contributed by atoms with Crippen LogP contribution in [0.3, 0.4) is 0 Å². The van der Waals surface area contributed by atoms with Crippen LogP contribution < -0.4 is 10.1 Å². The molecule has 3 rings (SSSR count). The van der Waals surface area contributed by atoms with Crippen LogP contribution >= 0.6 is 0 Å². The Labute approximate surface area is 205 Å². The maximum Gasteiger partial charge on any atom is 0.471 e. The van der Waals surface area contributed by atoms with Gasteiger partial charge in [-0.15, -0.1) is 0 Å². The number of rotatable bonds is 7. The molecule has 0 atom stereocenters. The van der Waals surface area contributed by atoms with Crippen LogP contribution in [0.4, 0.5) is 29.3 Å². The van der Waals surface area contributed by atoms with Crippen molar-refractivity contribution in [2.45, 2.75) is 58.3 Å². The van der Waals surface area contributed by atoms with Crippen LogP contribution in [0.15, 0.2) is 42.5 Å². The Morgan fingerprint density at radius 3 is 2.25 bits per heavy atom. The van der Waals surface area contributed by atoms with Gasteiger partial charge in [0.15, 0.2) is 0 Å². The number of carboxylic acid groups (broad SMARTS) is 1. The van der Waals surface area contributed by atoms with Crippen LogP contribution in [0.25, 0.3) is 0 Å². The Morgan fingerprint density at radius 1 is 1.14 bits per heavy atom. The monoisotopic (exact) mass is 509 g/mol. The number of nitro benzene ring substituents is 1. The Bertz CT molecular complexity index is 1120. The van der Waals surface area contributed by atoms with Gasteiger partial charge in [-0.1, -0.05) is 26.0 Å². The molecule has 0 bridgehead atoms. The van der Waals surface area contributed by atoms with Gasteiger partial charge >= 0.3 is 18.2 Å². The lowest BCUT2D eigenvalue weighted by Gasteiger charge is -2.39. The number of amides is 2. The van der Waals surface area contributed by atoms with Crippen molar-refractivity contribution in [3.8, 4) is 11.5 Å². The molecule has 1 aliphatic carbocycles. The molecule has 194 valence electrons. The molecule has 9 nitrogen and oxygen atoms in total. The van der Waals surface area contributed by atoms with Crippen LogP contribution in [0.1, 0.15) is 45.1 Å². The summed E-state index contributed by atoms with van der Waals surface area (Å²) in [5.74, 6) is -2.08. The topological polar surface area (TPSA) is 122 Å². The minimum Gasteiger partial charge on any atom is -0.465 e. The Balaban J connectivity index is 1.69. The molecule has 0 heterocycles. The van der Waals surface area contributed by atoms with E-state index in [0.717, 1.165) is 43.4 Å². The fourth-order valence-electron chi connectivity index (χ4n) is 4.07. The van der Waals surface area contributed by atoms with Gasteiger partial charge in [0, 0.05) is 12.6 Å². The molecule has 1 aliphatic rings. The molecule has 0 saturated heterocycles. The summed E-state index contributed by atoms with van der Waals surface area (Å²) >= 11 is 0. The summed E-state index contributed by atoms with van der Waals surface area (Å²) < 4.78 is 43.0. The quantitative estimate of drug-likeness (QED) is 0.332. The average molecular weight is 509 g/mol. The first-order valence-electron chi connectivity index (χ1n) is 11.2. The molecule has 2 aromatic carbocycles. The summed E-state index contributed by atoms with van der Waals surface area (Å²) in [7, 11) is 0. The van der Waals surface area contributed by atoms with Gasteiger partial charge < -0.3 is 20.1 Å². The highest BCUT2D eigenvalue weighted by Crippen LogP contribution is 2.37. The normalized spacial score (nSPS) is 15.7. The third kappa shape index (κ3) is 6.86. The number of carbonyl (C=O) groups is 2. The Hall–Kier alpha value is -3.83. The van der Waals surface area contributed by atoms with E-state index in [9.17, 15) is 38.0 Å². The van der Waals surface area contributed by atoms with Gasteiger partial charge in [-0.25, -0.2) is 4.79 Å². The number of nitro groups is 1. The van der Waals surface area contributed by atoms with Gasteiger partial charge in [-0.05, 0) is 60.9 Å². The van der Waals surface area contributed by atoms with Gasteiger partial charge in [0.1, 0.15) is 17.2 Å². The summed E-state index contributed by atoms with van der Waals surface area (Å²) in [4.78, 5) is 34.8. The maximum absolute atomic E-state index is 12.5. The van der Waals surface area contributed by atoms with Gasteiger partial charge in [0.05, 0.1) is 11.0 Å². The van der Waals surface area contributed by atoms with Crippen molar-refractivity contribution in [2.75, 3.05) is 5.32 Å². The van der Waals surface area contributed by atoms with Crippen LogP contribution in [-0.2, 0) is 11.3 Å². The lowest BCUT2D eigenvalue weighted by molar-refractivity contribution is -0.384. The van der Waals surface area contributed by atoms with Crippen molar-refractivity contribution in [3.05, 3.63) is 58.1 Å². The molecule has 1 fully saturated rings. The second kappa shape index (κ2) is 10.4. The molecule has 1 saturated carbocycles. The molecule has 0 unspecified atom stereocenters. The number of halogens is 3. The molecule has 2 aromatic rings. The molecule has 0 spiro atoms.